The number of nitrogens with two attached hydrogens (primary N) is 1. The molecule has 0 saturated carbocycles. The fourth-order valence-corrected chi connectivity index (χ4v) is 2.05. The first-order valence-corrected chi connectivity index (χ1v) is 6.06. The molecule has 100 valence electrons. The Kier molecular flexibility index (Phi) is 4.04. The Balaban J connectivity index is 2.64. The van der Waals surface area contributed by atoms with Gasteiger partial charge in [-0.25, -0.2) is 4.79 Å². The summed E-state index contributed by atoms with van der Waals surface area (Å²) in [6, 6.07) is 0. The van der Waals surface area contributed by atoms with Gasteiger partial charge in [0.25, 0.3) is 0 Å². The van der Waals surface area contributed by atoms with Crippen LogP contribution >= 0.6 is 0 Å². The Labute approximate surface area is 104 Å². The number of likely N-dealkylation sites (N-methyl/N-ethyl adjacent to an activating group) is 1. The van der Waals surface area contributed by atoms with E-state index in [1.807, 2.05) is 34.9 Å². The summed E-state index contributed by atoms with van der Waals surface area (Å²) in [6.45, 7) is 7.55. The summed E-state index contributed by atoms with van der Waals surface area (Å²) in [5, 5.41) is 0. The minimum Gasteiger partial charge on any atom is -0.444 e. The van der Waals surface area contributed by atoms with Crippen LogP contribution in [0, 0.1) is 0 Å². The van der Waals surface area contributed by atoms with Crippen molar-refractivity contribution in [2.75, 3.05) is 33.7 Å². The van der Waals surface area contributed by atoms with Gasteiger partial charge in [-0.3, -0.25) is 0 Å². The molecule has 1 aliphatic rings. The summed E-state index contributed by atoms with van der Waals surface area (Å²) in [5.41, 5.74) is 5.30. The van der Waals surface area contributed by atoms with E-state index in [-0.39, 0.29) is 11.6 Å². The van der Waals surface area contributed by atoms with Gasteiger partial charge in [0.15, 0.2) is 0 Å². The Morgan fingerprint density at radius 3 is 2.41 bits per heavy atom. The minimum absolute atomic E-state index is 0.100. The van der Waals surface area contributed by atoms with Crippen LogP contribution in [0.4, 0.5) is 4.79 Å². The van der Waals surface area contributed by atoms with Crippen LogP contribution in [0.15, 0.2) is 0 Å². The molecular formula is C12H25N3O2. The Bertz CT molecular complexity index is 286. The van der Waals surface area contributed by atoms with E-state index >= 15 is 0 Å². The number of rotatable bonds is 2. The van der Waals surface area contributed by atoms with Crippen LogP contribution in [0.3, 0.4) is 0 Å². The molecule has 1 saturated heterocycles. The molecule has 1 rings (SSSR count). The standard InChI is InChI=1S/C12H25N3O2/c1-11(2,3)17-10(16)15-7-6-12(8-13,9-15)14(4)5/h6-9,13H2,1-5H3. The molecule has 1 fully saturated rings. The summed E-state index contributed by atoms with van der Waals surface area (Å²) in [4.78, 5) is 15.8. The highest BCUT2D eigenvalue weighted by atomic mass is 16.6. The average molecular weight is 243 g/mol. The highest BCUT2D eigenvalue weighted by Crippen LogP contribution is 2.26. The molecule has 0 bridgehead atoms. The lowest BCUT2D eigenvalue weighted by Gasteiger charge is -2.35. The van der Waals surface area contributed by atoms with Gasteiger partial charge >= 0.3 is 6.09 Å². The van der Waals surface area contributed by atoms with Gasteiger partial charge in [-0.1, -0.05) is 0 Å². The summed E-state index contributed by atoms with van der Waals surface area (Å²) < 4.78 is 5.37. The lowest BCUT2D eigenvalue weighted by molar-refractivity contribution is 0.0263. The van der Waals surface area contributed by atoms with Crippen molar-refractivity contribution in [3.05, 3.63) is 0 Å². The SMILES string of the molecule is CN(C)C1(CN)CCN(C(=O)OC(C)(C)C)C1. The molecule has 2 N–H and O–H groups in total. The van der Waals surface area contributed by atoms with E-state index in [0.29, 0.717) is 19.6 Å². The molecule has 0 aliphatic carbocycles. The first-order chi connectivity index (χ1) is 7.70. The van der Waals surface area contributed by atoms with Gasteiger partial charge in [-0.2, -0.15) is 0 Å². The highest BCUT2D eigenvalue weighted by Gasteiger charge is 2.41. The van der Waals surface area contributed by atoms with Crippen LogP contribution in [-0.2, 0) is 4.74 Å². The lowest BCUT2D eigenvalue weighted by atomic mass is 9.98. The van der Waals surface area contributed by atoms with E-state index in [1.54, 1.807) is 4.90 Å². The number of hydrogen-bond donors (Lipinski definition) is 1. The van der Waals surface area contributed by atoms with E-state index in [9.17, 15) is 4.79 Å². The fraction of sp³-hybridized carbons (Fsp3) is 0.917. The van der Waals surface area contributed by atoms with Crippen LogP contribution in [0.1, 0.15) is 27.2 Å². The maximum Gasteiger partial charge on any atom is 0.410 e. The Morgan fingerprint density at radius 1 is 1.47 bits per heavy atom. The second-order valence-corrected chi connectivity index (χ2v) is 5.97. The highest BCUT2D eigenvalue weighted by molar-refractivity contribution is 5.68. The van der Waals surface area contributed by atoms with Gasteiger partial charge in [0.2, 0.25) is 0 Å². The van der Waals surface area contributed by atoms with Gasteiger partial charge in [-0.05, 0) is 41.3 Å². The quantitative estimate of drug-likeness (QED) is 0.782. The number of hydrogen-bond acceptors (Lipinski definition) is 4. The van der Waals surface area contributed by atoms with Crippen molar-refractivity contribution in [2.24, 2.45) is 5.73 Å². The van der Waals surface area contributed by atoms with Gasteiger partial charge in [0.05, 0.1) is 5.54 Å². The van der Waals surface area contributed by atoms with Gasteiger partial charge in [0, 0.05) is 19.6 Å². The zero-order valence-corrected chi connectivity index (χ0v) is 11.6. The van der Waals surface area contributed by atoms with Crippen molar-refractivity contribution in [3.63, 3.8) is 0 Å². The first-order valence-electron chi connectivity index (χ1n) is 6.06. The number of ether oxygens (including phenoxy) is 1. The van der Waals surface area contributed by atoms with Gasteiger partial charge in [-0.15, -0.1) is 0 Å². The zero-order valence-electron chi connectivity index (χ0n) is 11.6. The van der Waals surface area contributed by atoms with Gasteiger partial charge < -0.3 is 20.3 Å². The molecule has 1 unspecified atom stereocenters. The summed E-state index contributed by atoms with van der Waals surface area (Å²) >= 11 is 0. The lowest BCUT2D eigenvalue weighted by Crippen LogP contribution is -2.52. The largest absolute Gasteiger partial charge is 0.444 e. The third-order valence-corrected chi connectivity index (χ3v) is 3.31. The molecule has 0 aromatic carbocycles. The molecular weight excluding hydrogens is 218 g/mol. The van der Waals surface area contributed by atoms with Crippen molar-refractivity contribution < 1.29 is 9.53 Å². The topological polar surface area (TPSA) is 58.8 Å². The molecule has 0 spiro atoms. The van der Waals surface area contributed by atoms with Crippen LogP contribution < -0.4 is 5.73 Å². The Hall–Kier alpha value is -0.810. The van der Waals surface area contributed by atoms with E-state index in [0.717, 1.165) is 6.42 Å². The second kappa shape index (κ2) is 4.82. The van der Waals surface area contributed by atoms with E-state index < -0.39 is 5.60 Å². The van der Waals surface area contributed by atoms with Crippen molar-refractivity contribution in [1.82, 2.24) is 9.80 Å². The fourth-order valence-electron chi connectivity index (χ4n) is 2.05. The molecule has 1 heterocycles. The van der Waals surface area contributed by atoms with E-state index in [2.05, 4.69) is 4.90 Å². The molecule has 17 heavy (non-hydrogen) atoms. The van der Waals surface area contributed by atoms with Gasteiger partial charge in [0.1, 0.15) is 5.60 Å². The molecule has 0 radical (unpaired) electrons. The first kappa shape index (κ1) is 14.3. The smallest absolute Gasteiger partial charge is 0.410 e. The van der Waals surface area contributed by atoms with Crippen molar-refractivity contribution in [1.29, 1.82) is 0 Å². The number of likely N-dealkylation sites (tertiary alicyclic amines) is 1. The number of carbonyl (C=O) groups is 1. The summed E-state index contributed by atoms with van der Waals surface area (Å²) in [6.07, 6.45) is 0.658. The molecule has 1 atom stereocenters. The predicted molar refractivity (Wildman–Crippen MR) is 67.9 cm³/mol. The van der Waals surface area contributed by atoms with Crippen molar-refractivity contribution in [3.8, 4) is 0 Å². The predicted octanol–water partition coefficient (Wildman–Crippen LogP) is 0.886. The maximum atomic E-state index is 11.9. The Morgan fingerprint density at radius 2 is 2.06 bits per heavy atom. The minimum atomic E-state index is -0.441. The molecule has 1 aliphatic heterocycles. The second-order valence-electron chi connectivity index (χ2n) is 5.97. The number of carbonyl (C=O) groups excluding carboxylic acids is 1. The van der Waals surface area contributed by atoms with E-state index in [4.69, 9.17) is 10.5 Å². The normalized spacial score (nSPS) is 25.5. The number of nitrogens with zero attached hydrogens (tertiary/aromatic N) is 2. The van der Waals surface area contributed by atoms with Crippen LogP contribution in [-0.4, -0.2) is 60.8 Å². The van der Waals surface area contributed by atoms with Crippen LogP contribution in [0.2, 0.25) is 0 Å². The average Bonchev–Trinajstić information content (AvgIpc) is 2.60. The van der Waals surface area contributed by atoms with Crippen molar-refractivity contribution in [2.45, 2.75) is 38.3 Å². The number of amides is 1. The summed E-state index contributed by atoms with van der Waals surface area (Å²) in [5.74, 6) is 0. The molecule has 1 amide bonds. The molecule has 0 aromatic rings. The van der Waals surface area contributed by atoms with E-state index in [1.165, 1.54) is 0 Å². The van der Waals surface area contributed by atoms with Crippen molar-refractivity contribution >= 4 is 6.09 Å². The zero-order chi connectivity index (χ0) is 13.3. The summed E-state index contributed by atoms with van der Waals surface area (Å²) in [7, 11) is 4.01. The maximum absolute atomic E-state index is 11.9. The molecule has 0 aromatic heterocycles. The molecule has 5 nitrogen and oxygen atoms in total. The van der Waals surface area contributed by atoms with Crippen LogP contribution in [0.25, 0.3) is 0 Å². The third kappa shape index (κ3) is 3.33. The third-order valence-electron chi connectivity index (χ3n) is 3.31. The monoisotopic (exact) mass is 243 g/mol. The molecule has 5 heteroatoms. The van der Waals surface area contributed by atoms with Crippen LogP contribution in [0.5, 0.6) is 0 Å².